The fraction of sp³-hybridized carbons (Fsp3) is 1.00. The number of hydrogen-bond donors (Lipinski definition) is 5. The summed E-state index contributed by atoms with van der Waals surface area (Å²) in [5, 5.41) is 46.0. The van der Waals surface area contributed by atoms with Gasteiger partial charge < -0.3 is 25.5 Å². The number of hydrogen-bond acceptors (Lipinski definition) is 5. The first-order chi connectivity index (χ1) is 6.69. The van der Waals surface area contributed by atoms with Crippen molar-refractivity contribution in [1.29, 1.82) is 0 Å². The predicted octanol–water partition coefficient (Wildman–Crippen LogP) is -1.14. The van der Waals surface area contributed by atoms with Crippen LogP contribution in [0.4, 0.5) is 0 Å². The van der Waals surface area contributed by atoms with Crippen molar-refractivity contribution in [3.05, 3.63) is 0 Å². The van der Waals surface area contributed by atoms with Crippen molar-refractivity contribution < 1.29 is 25.5 Å². The molecule has 0 rings (SSSR count). The average molecular weight is 222 g/mol. The van der Waals surface area contributed by atoms with Gasteiger partial charge in [-0.25, -0.2) is 0 Å². The molecule has 5 N–H and O–H groups in total. The van der Waals surface area contributed by atoms with Crippen LogP contribution in [-0.4, -0.2) is 56.6 Å². The van der Waals surface area contributed by atoms with Gasteiger partial charge >= 0.3 is 0 Å². The smallest absolute Gasteiger partial charge is 0.110 e. The molecule has 0 aliphatic heterocycles. The molecule has 92 valence electrons. The molecule has 5 nitrogen and oxygen atoms in total. The largest absolute Gasteiger partial charge is 0.394 e. The third-order valence-electron chi connectivity index (χ3n) is 2.15. The van der Waals surface area contributed by atoms with Gasteiger partial charge in [-0.05, 0) is 11.8 Å². The van der Waals surface area contributed by atoms with E-state index in [2.05, 4.69) is 0 Å². The lowest BCUT2D eigenvalue weighted by Crippen LogP contribution is -2.46. The van der Waals surface area contributed by atoms with Gasteiger partial charge in [0, 0.05) is 0 Å². The Morgan fingerprint density at radius 2 is 1.27 bits per heavy atom. The highest BCUT2D eigenvalue weighted by Crippen LogP contribution is 2.23. The fourth-order valence-corrected chi connectivity index (χ4v) is 1.31. The first kappa shape index (κ1) is 14.8. The highest BCUT2D eigenvalue weighted by Gasteiger charge is 2.32. The van der Waals surface area contributed by atoms with Gasteiger partial charge in [-0.3, -0.25) is 0 Å². The van der Waals surface area contributed by atoms with E-state index < -0.39 is 31.0 Å². The zero-order valence-corrected chi connectivity index (χ0v) is 9.46. The maximum absolute atomic E-state index is 9.57. The zero-order chi connectivity index (χ0) is 12.2. The number of rotatable bonds is 5. The predicted molar refractivity (Wildman–Crippen MR) is 55.2 cm³/mol. The monoisotopic (exact) mass is 222 g/mol. The first-order valence-corrected chi connectivity index (χ1v) is 5.02. The molecule has 5 heteroatoms. The molecule has 0 saturated carbocycles. The van der Waals surface area contributed by atoms with Gasteiger partial charge in [-0.1, -0.05) is 20.8 Å². The third kappa shape index (κ3) is 5.44. The number of aliphatic hydroxyl groups is 5. The summed E-state index contributed by atoms with van der Waals surface area (Å²) in [5.74, 6) is 0. The van der Waals surface area contributed by atoms with Gasteiger partial charge in [0.1, 0.15) is 18.3 Å². The molecular formula is C10H22O5. The summed E-state index contributed by atoms with van der Waals surface area (Å²) >= 11 is 0. The molecule has 0 spiro atoms. The van der Waals surface area contributed by atoms with E-state index in [0.29, 0.717) is 6.42 Å². The van der Waals surface area contributed by atoms with Crippen LogP contribution in [0.3, 0.4) is 0 Å². The van der Waals surface area contributed by atoms with E-state index in [4.69, 9.17) is 10.2 Å². The lowest BCUT2D eigenvalue weighted by molar-refractivity contribution is -0.121. The van der Waals surface area contributed by atoms with E-state index in [9.17, 15) is 15.3 Å². The molecule has 0 aromatic carbocycles. The van der Waals surface area contributed by atoms with E-state index in [0.717, 1.165) is 0 Å². The minimum atomic E-state index is -1.53. The average Bonchev–Trinajstić information content (AvgIpc) is 2.11. The SMILES string of the molecule is CC(C)(C)CC(O)C(O)C(O)C(O)CO. The first-order valence-electron chi connectivity index (χ1n) is 5.02. The molecule has 0 aromatic heterocycles. The minimum Gasteiger partial charge on any atom is -0.394 e. The van der Waals surface area contributed by atoms with Gasteiger partial charge in [0.15, 0.2) is 0 Å². The second-order valence-electron chi connectivity index (χ2n) is 5.06. The maximum Gasteiger partial charge on any atom is 0.110 e. The van der Waals surface area contributed by atoms with Crippen LogP contribution in [0.25, 0.3) is 0 Å². The lowest BCUT2D eigenvalue weighted by Gasteiger charge is -2.29. The van der Waals surface area contributed by atoms with Crippen molar-refractivity contribution >= 4 is 0 Å². The highest BCUT2D eigenvalue weighted by atomic mass is 16.4. The van der Waals surface area contributed by atoms with Crippen molar-refractivity contribution in [3.8, 4) is 0 Å². The third-order valence-corrected chi connectivity index (χ3v) is 2.15. The summed E-state index contributed by atoms with van der Waals surface area (Å²) in [6.07, 6.45) is -5.25. The lowest BCUT2D eigenvalue weighted by atomic mass is 9.86. The summed E-state index contributed by atoms with van der Waals surface area (Å²) in [4.78, 5) is 0. The Balaban J connectivity index is 4.25. The molecule has 0 aromatic rings. The van der Waals surface area contributed by atoms with Crippen LogP contribution < -0.4 is 0 Å². The summed E-state index contributed by atoms with van der Waals surface area (Å²) in [6, 6.07) is 0. The normalized spacial score (nSPS) is 20.8. The van der Waals surface area contributed by atoms with E-state index in [1.807, 2.05) is 20.8 Å². The quantitative estimate of drug-likeness (QED) is 0.405. The standard InChI is InChI=1S/C10H22O5/c1-10(2,3)4-6(12)8(14)9(15)7(13)5-11/h6-9,11-15H,4-5H2,1-3H3. The van der Waals surface area contributed by atoms with Crippen molar-refractivity contribution in [2.45, 2.75) is 51.6 Å². The molecular weight excluding hydrogens is 200 g/mol. The van der Waals surface area contributed by atoms with Gasteiger partial charge in [0.05, 0.1) is 12.7 Å². The van der Waals surface area contributed by atoms with E-state index in [-0.39, 0.29) is 5.41 Å². The number of aliphatic hydroxyl groups excluding tert-OH is 5. The van der Waals surface area contributed by atoms with Crippen molar-refractivity contribution in [1.82, 2.24) is 0 Å². The van der Waals surface area contributed by atoms with E-state index in [1.165, 1.54) is 0 Å². The maximum atomic E-state index is 9.57. The Morgan fingerprint density at radius 1 is 0.867 bits per heavy atom. The fourth-order valence-electron chi connectivity index (χ4n) is 1.31. The van der Waals surface area contributed by atoms with Gasteiger partial charge in [-0.15, -0.1) is 0 Å². The molecule has 0 saturated heterocycles. The van der Waals surface area contributed by atoms with Crippen LogP contribution in [0.2, 0.25) is 0 Å². The summed E-state index contributed by atoms with van der Waals surface area (Å²) < 4.78 is 0. The van der Waals surface area contributed by atoms with Crippen LogP contribution in [0.1, 0.15) is 27.2 Å². The molecule has 0 aliphatic rings. The summed E-state index contributed by atoms with van der Waals surface area (Å²) in [7, 11) is 0. The van der Waals surface area contributed by atoms with E-state index in [1.54, 1.807) is 0 Å². The van der Waals surface area contributed by atoms with Crippen LogP contribution in [-0.2, 0) is 0 Å². The van der Waals surface area contributed by atoms with Gasteiger partial charge in [-0.2, -0.15) is 0 Å². The molecule has 4 unspecified atom stereocenters. The topological polar surface area (TPSA) is 101 Å². The molecule has 15 heavy (non-hydrogen) atoms. The summed E-state index contributed by atoms with van der Waals surface area (Å²) in [5.41, 5.74) is -0.190. The second kappa shape index (κ2) is 5.77. The van der Waals surface area contributed by atoms with Crippen molar-refractivity contribution in [2.75, 3.05) is 6.61 Å². The molecule has 0 aliphatic carbocycles. The molecule has 0 heterocycles. The van der Waals surface area contributed by atoms with Gasteiger partial charge in [0.2, 0.25) is 0 Å². The molecule has 4 atom stereocenters. The van der Waals surface area contributed by atoms with Crippen LogP contribution in [0.15, 0.2) is 0 Å². The van der Waals surface area contributed by atoms with Gasteiger partial charge in [0.25, 0.3) is 0 Å². The minimum absolute atomic E-state index is 0.190. The Kier molecular flexibility index (Phi) is 5.69. The molecule has 0 bridgehead atoms. The van der Waals surface area contributed by atoms with Crippen molar-refractivity contribution in [3.63, 3.8) is 0 Å². The van der Waals surface area contributed by atoms with E-state index >= 15 is 0 Å². The Morgan fingerprint density at radius 3 is 1.60 bits per heavy atom. The Bertz CT molecular complexity index is 177. The van der Waals surface area contributed by atoms with Crippen LogP contribution in [0, 0.1) is 5.41 Å². The second-order valence-corrected chi connectivity index (χ2v) is 5.06. The molecule has 0 amide bonds. The van der Waals surface area contributed by atoms with Crippen LogP contribution in [0.5, 0.6) is 0 Å². The molecule has 0 radical (unpaired) electrons. The zero-order valence-electron chi connectivity index (χ0n) is 9.46. The Hall–Kier alpha value is -0.200. The van der Waals surface area contributed by atoms with Crippen molar-refractivity contribution in [2.24, 2.45) is 5.41 Å². The highest BCUT2D eigenvalue weighted by molar-refractivity contribution is 4.83. The Labute approximate surface area is 90.0 Å². The van der Waals surface area contributed by atoms with Crippen LogP contribution >= 0.6 is 0 Å². The summed E-state index contributed by atoms with van der Waals surface area (Å²) in [6.45, 7) is 5.01. The molecule has 0 fully saturated rings.